The molecule has 0 aromatic heterocycles. The second-order valence-corrected chi connectivity index (χ2v) is 7.84. The summed E-state index contributed by atoms with van der Waals surface area (Å²) in [5, 5.41) is 3.42. The zero-order valence-corrected chi connectivity index (χ0v) is 16.4. The predicted octanol–water partition coefficient (Wildman–Crippen LogP) is 3.91. The highest BCUT2D eigenvalue weighted by Crippen LogP contribution is 2.30. The number of amides is 1. The Bertz CT molecular complexity index is 530. The quantitative estimate of drug-likeness (QED) is 0.858. The molecule has 25 heavy (non-hydrogen) atoms. The van der Waals surface area contributed by atoms with Gasteiger partial charge in [0.15, 0.2) is 0 Å². The molecule has 0 aliphatic carbocycles. The van der Waals surface area contributed by atoms with Crippen molar-refractivity contribution in [2.45, 2.75) is 52.0 Å². The summed E-state index contributed by atoms with van der Waals surface area (Å²) in [7, 11) is 0. The topological polar surface area (TPSA) is 32.3 Å². The van der Waals surface area contributed by atoms with Gasteiger partial charge in [-0.1, -0.05) is 37.3 Å². The lowest BCUT2D eigenvalue weighted by molar-refractivity contribution is -0.133. The van der Waals surface area contributed by atoms with Crippen LogP contribution < -0.4 is 5.32 Å². The Labute approximate surface area is 159 Å². The molecule has 0 saturated carbocycles. The fourth-order valence-corrected chi connectivity index (χ4v) is 4.52. The molecule has 1 aromatic carbocycles. The number of benzene rings is 1. The molecule has 2 fully saturated rings. The van der Waals surface area contributed by atoms with E-state index in [1.165, 1.54) is 18.4 Å². The van der Waals surface area contributed by atoms with Crippen LogP contribution in [0.25, 0.3) is 0 Å². The average Bonchev–Trinajstić information content (AvgIpc) is 2.97. The number of hydrogen-bond donors (Lipinski definition) is 1. The van der Waals surface area contributed by atoms with Crippen molar-refractivity contribution in [1.82, 2.24) is 10.2 Å². The van der Waals surface area contributed by atoms with Gasteiger partial charge in [0.05, 0.1) is 0 Å². The van der Waals surface area contributed by atoms with Crippen molar-refractivity contribution in [2.24, 2.45) is 17.8 Å². The van der Waals surface area contributed by atoms with Crippen LogP contribution >= 0.6 is 12.4 Å². The van der Waals surface area contributed by atoms with Gasteiger partial charge in [-0.2, -0.15) is 0 Å². The van der Waals surface area contributed by atoms with E-state index in [1.54, 1.807) is 0 Å². The Balaban J connectivity index is 0.00000225. The molecule has 3 nitrogen and oxygen atoms in total. The summed E-state index contributed by atoms with van der Waals surface area (Å²) in [5.41, 5.74) is 1.40. The molecule has 2 aliphatic rings. The summed E-state index contributed by atoms with van der Waals surface area (Å²) in [4.78, 5) is 15.0. The van der Waals surface area contributed by atoms with Crippen LogP contribution in [0.2, 0.25) is 0 Å². The maximum Gasteiger partial charge on any atom is 0.223 e. The first-order valence-corrected chi connectivity index (χ1v) is 9.69. The SMILES string of the molecule is CC(CC(=O)N1CCC(Cc2ccccc2)C1C)C1CCNCC1.Cl. The maximum absolute atomic E-state index is 12.8. The van der Waals surface area contributed by atoms with Crippen molar-refractivity contribution in [1.29, 1.82) is 0 Å². The number of likely N-dealkylation sites (tertiary alicyclic amines) is 1. The first-order valence-electron chi connectivity index (χ1n) is 9.69. The summed E-state index contributed by atoms with van der Waals surface area (Å²) in [5.74, 6) is 2.21. The monoisotopic (exact) mass is 364 g/mol. The lowest BCUT2D eigenvalue weighted by Crippen LogP contribution is -2.38. The maximum atomic E-state index is 12.8. The Morgan fingerprint density at radius 1 is 1.20 bits per heavy atom. The number of hydrogen-bond acceptors (Lipinski definition) is 2. The summed E-state index contributed by atoms with van der Waals surface area (Å²) in [6.07, 6.45) is 5.41. The highest BCUT2D eigenvalue weighted by Gasteiger charge is 2.34. The first kappa shape index (κ1) is 20.3. The Morgan fingerprint density at radius 2 is 1.88 bits per heavy atom. The summed E-state index contributed by atoms with van der Waals surface area (Å²) < 4.78 is 0. The standard InChI is InChI=1S/C21H32N2O.ClH/c1-16(19-8-11-22-12-9-19)14-21(24)23-13-10-20(17(23)2)15-18-6-4-3-5-7-18;/h3-7,16-17,19-20,22H,8-15H2,1-2H3;1H. The third kappa shape index (κ3) is 5.21. The van der Waals surface area contributed by atoms with E-state index in [1.807, 2.05) is 0 Å². The molecule has 3 rings (SSSR count). The van der Waals surface area contributed by atoms with Crippen LogP contribution in [0.3, 0.4) is 0 Å². The molecule has 2 heterocycles. The van der Waals surface area contributed by atoms with E-state index in [9.17, 15) is 4.79 Å². The van der Waals surface area contributed by atoms with Gasteiger partial charge in [0.2, 0.25) is 5.91 Å². The van der Waals surface area contributed by atoms with Crippen molar-refractivity contribution < 1.29 is 4.79 Å². The minimum absolute atomic E-state index is 0. The van der Waals surface area contributed by atoms with Crippen LogP contribution in [-0.4, -0.2) is 36.5 Å². The fourth-order valence-electron chi connectivity index (χ4n) is 4.52. The molecule has 0 radical (unpaired) electrons. The van der Waals surface area contributed by atoms with Crippen molar-refractivity contribution in [3.05, 3.63) is 35.9 Å². The molecule has 140 valence electrons. The van der Waals surface area contributed by atoms with Crippen LogP contribution in [0.1, 0.15) is 45.1 Å². The van der Waals surface area contributed by atoms with Gasteiger partial charge in [0, 0.05) is 19.0 Å². The van der Waals surface area contributed by atoms with Gasteiger partial charge >= 0.3 is 0 Å². The molecule has 1 aromatic rings. The van der Waals surface area contributed by atoms with Gasteiger partial charge in [-0.15, -0.1) is 12.4 Å². The van der Waals surface area contributed by atoms with Gasteiger partial charge in [-0.3, -0.25) is 4.79 Å². The molecular weight excluding hydrogens is 332 g/mol. The number of piperidine rings is 1. The Morgan fingerprint density at radius 3 is 2.56 bits per heavy atom. The normalized spacial score (nSPS) is 25.4. The molecule has 1 amide bonds. The van der Waals surface area contributed by atoms with Crippen molar-refractivity contribution in [3.8, 4) is 0 Å². The number of nitrogens with one attached hydrogen (secondary N) is 1. The largest absolute Gasteiger partial charge is 0.340 e. The van der Waals surface area contributed by atoms with Gasteiger partial charge in [0.1, 0.15) is 0 Å². The van der Waals surface area contributed by atoms with E-state index in [0.717, 1.165) is 38.9 Å². The third-order valence-corrected chi connectivity index (χ3v) is 6.26. The van der Waals surface area contributed by atoms with Gasteiger partial charge < -0.3 is 10.2 Å². The minimum Gasteiger partial charge on any atom is -0.340 e. The molecule has 0 bridgehead atoms. The zero-order valence-electron chi connectivity index (χ0n) is 15.6. The van der Waals surface area contributed by atoms with Crippen LogP contribution in [0, 0.1) is 17.8 Å². The van der Waals surface area contributed by atoms with Gasteiger partial charge in [0.25, 0.3) is 0 Å². The van der Waals surface area contributed by atoms with Crippen molar-refractivity contribution in [2.75, 3.05) is 19.6 Å². The Kier molecular flexibility index (Phi) is 7.77. The summed E-state index contributed by atoms with van der Waals surface area (Å²) in [6, 6.07) is 11.1. The van der Waals surface area contributed by atoms with Crippen LogP contribution in [0.4, 0.5) is 0 Å². The highest BCUT2D eigenvalue weighted by atomic mass is 35.5. The number of rotatable bonds is 5. The molecule has 4 heteroatoms. The lowest BCUT2D eigenvalue weighted by atomic mass is 9.84. The minimum atomic E-state index is 0. The average molecular weight is 365 g/mol. The van der Waals surface area contributed by atoms with Crippen LogP contribution in [-0.2, 0) is 11.2 Å². The van der Waals surface area contributed by atoms with E-state index >= 15 is 0 Å². The molecule has 3 unspecified atom stereocenters. The second kappa shape index (κ2) is 9.59. The van der Waals surface area contributed by atoms with E-state index in [0.29, 0.717) is 29.7 Å². The third-order valence-electron chi connectivity index (χ3n) is 6.26. The molecule has 3 atom stereocenters. The number of halogens is 1. The molecule has 2 saturated heterocycles. The van der Waals surface area contributed by atoms with Crippen LogP contribution in [0.15, 0.2) is 30.3 Å². The van der Waals surface area contributed by atoms with Crippen LogP contribution in [0.5, 0.6) is 0 Å². The predicted molar refractivity (Wildman–Crippen MR) is 106 cm³/mol. The Hall–Kier alpha value is -1.06. The second-order valence-electron chi connectivity index (χ2n) is 7.84. The van der Waals surface area contributed by atoms with E-state index in [4.69, 9.17) is 0 Å². The summed E-state index contributed by atoms with van der Waals surface area (Å²) in [6.45, 7) is 7.69. The molecule has 0 spiro atoms. The molecular formula is C21H33ClN2O. The zero-order chi connectivity index (χ0) is 16.9. The van der Waals surface area contributed by atoms with Gasteiger partial charge in [-0.25, -0.2) is 0 Å². The van der Waals surface area contributed by atoms with E-state index in [2.05, 4.69) is 54.4 Å². The number of carbonyl (C=O) groups excluding carboxylic acids is 1. The van der Waals surface area contributed by atoms with E-state index < -0.39 is 0 Å². The van der Waals surface area contributed by atoms with E-state index in [-0.39, 0.29) is 12.4 Å². The van der Waals surface area contributed by atoms with Crippen molar-refractivity contribution >= 4 is 18.3 Å². The first-order chi connectivity index (χ1) is 11.6. The van der Waals surface area contributed by atoms with Gasteiger partial charge in [-0.05, 0) is 69.0 Å². The number of nitrogens with zero attached hydrogens (tertiary/aromatic N) is 1. The smallest absolute Gasteiger partial charge is 0.223 e. The molecule has 1 N–H and O–H groups in total. The number of carbonyl (C=O) groups is 1. The van der Waals surface area contributed by atoms with Crippen molar-refractivity contribution in [3.63, 3.8) is 0 Å². The lowest BCUT2D eigenvalue weighted by Gasteiger charge is -2.31. The highest BCUT2D eigenvalue weighted by molar-refractivity contribution is 5.85. The fraction of sp³-hybridized carbons (Fsp3) is 0.667. The summed E-state index contributed by atoms with van der Waals surface area (Å²) >= 11 is 0. The molecule has 2 aliphatic heterocycles.